The third-order valence-corrected chi connectivity index (χ3v) is 6.07. The van der Waals surface area contributed by atoms with Crippen LogP contribution in [0.3, 0.4) is 0 Å². The van der Waals surface area contributed by atoms with Gasteiger partial charge in [-0.05, 0) is 59.5 Å². The smallest absolute Gasteiger partial charge is 0.339 e. The first-order valence-corrected chi connectivity index (χ1v) is 11.5. The van der Waals surface area contributed by atoms with E-state index >= 15 is 0 Å². The van der Waals surface area contributed by atoms with Crippen molar-refractivity contribution in [3.05, 3.63) is 77.5 Å². The summed E-state index contributed by atoms with van der Waals surface area (Å²) >= 11 is 0. The Kier molecular flexibility index (Phi) is 10.8. The number of halogens is 2. The summed E-state index contributed by atoms with van der Waals surface area (Å²) in [6.45, 7) is 7.95. The Bertz CT molecular complexity index is 1130. The van der Waals surface area contributed by atoms with E-state index in [1.807, 2.05) is 56.3 Å². The van der Waals surface area contributed by atoms with Gasteiger partial charge in [0.05, 0.1) is 7.11 Å². The molecule has 1 N–H and O–H groups in total. The van der Waals surface area contributed by atoms with E-state index in [-0.39, 0.29) is 30.7 Å². The molecule has 0 atom stereocenters. The second kappa shape index (κ2) is 13.3. The molecular weight excluding hydrogens is 501 g/mol. The minimum atomic E-state index is -0.914. The number of pyridine rings is 1. The Hall–Kier alpha value is -3.00. The molecule has 7 nitrogen and oxygen atoms in total. The lowest BCUT2D eigenvalue weighted by Gasteiger charge is -2.36. The van der Waals surface area contributed by atoms with Crippen LogP contribution in [0.15, 0.2) is 60.8 Å². The number of hydrogen-bond acceptors (Lipinski definition) is 6. The molecule has 36 heavy (non-hydrogen) atoms. The number of rotatable bonds is 8. The fourth-order valence-corrected chi connectivity index (χ4v) is 4.27. The zero-order valence-corrected chi connectivity index (χ0v) is 22.3. The molecule has 1 saturated heterocycles. The van der Waals surface area contributed by atoms with Crippen LogP contribution in [0.2, 0.25) is 0 Å². The maximum absolute atomic E-state index is 12.0. The Morgan fingerprint density at radius 2 is 1.64 bits per heavy atom. The highest BCUT2D eigenvalue weighted by Crippen LogP contribution is 2.28. The molecule has 1 aliphatic rings. The van der Waals surface area contributed by atoms with Gasteiger partial charge in [0.1, 0.15) is 28.6 Å². The summed E-state index contributed by atoms with van der Waals surface area (Å²) in [5, 5.41) is 9.84. The van der Waals surface area contributed by atoms with E-state index in [4.69, 9.17) is 9.47 Å². The lowest BCUT2D eigenvalue weighted by molar-refractivity contribution is 0.0695. The molecule has 2 heterocycles. The molecule has 0 aliphatic carbocycles. The number of piperazine rings is 1. The van der Waals surface area contributed by atoms with E-state index in [0.29, 0.717) is 11.4 Å². The number of carboxylic acid groups (broad SMARTS) is 1. The van der Waals surface area contributed by atoms with Gasteiger partial charge in [0.2, 0.25) is 0 Å². The molecule has 9 heteroatoms. The standard InChI is InChI=1S/C27H31N3O4.2ClH/c1-19(2)24-11-12-28-26(25(24)27(31)32)30-15-13-29(14-16-30)18-20-5-4-6-23(17-20)34-22-9-7-21(33-3)8-10-22;;/h4-12,17,19H,13-16,18H2,1-3H3,(H,31,32);2*1H. The van der Waals surface area contributed by atoms with Gasteiger partial charge in [-0.2, -0.15) is 0 Å². The predicted octanol–water partition coefficient (Wildman–Crippen LogP) is 5.87. The van der Waals surface area contributed by atoms with Crippen molar-refractivity contribution in [3.8, 4) is 17.2 Å². The van der Waals surface area contributed by atoms with Crippen molar-refractivity contribution in [2.24, 2.45) is 0 Å². The van der Waals surface area contributed by atoms with Crippen LogP contribution in [-0.2, 0) is 6.54 Å². The van der Waals surface area contributed by atoms with Gasteiger partial charge >= 0.3 is 5.97 Å². The number of benzene rings is 2. The van der Waals surface area contributed by atoms with Crippen LogP contribution < -0.4 is 14.4 Å². The van der Waals surface area contributed by atoms with Crippen molar-refractivity contribution in [1.82, 2.24) is 9.88 Å². The molecule has 2 aromatic carbocycles. The number of carboxylic acids is 1. The Morgan fingerprint density at radius 3 is 2.25 bits per heavy atom. The zero-order valence-electron chi connectivity index (χ0n) is 20.7. The Labute approximate surface area is 224 Å². The summed E-state index contributed by atoms with van der Waals surface area (Å²) < 4.78 is 11.2. The highest BCUT2D eigenvalue weighted by molar-refractivity contribution is 5.95. The maximum Gasteiger partial charge on any atom is 0.339 e. The SMILES string of the molecule is COc1ccc(Oc2cccc(CN3CCN(c4nccc(C(C)C)c4C(=O)O)CC3)c2)cc1.Cl.Cl. The molecule has 0 radical (unpaired) electrons. The topological polar surface area (TPSA) is 75.1 Å². The lowest BCUT2D eigenvalue weighted by Crippen LogP contribution is -2.46. The molecular formula is C27H33Cl2N3O4. The van der Waals surface area contributed by atoms with Gasteiger partial charge in [0.15, 0.2) is 0 Å². The van der Waals surface area contributed by atoms with Crippen molar-refractivity contribution in [3.63, 3.8) is 0 Å². The maximum atomic E-state index is 12.0. The molecule has 0 saturated carbocycles. The molecule has 0 amide bonds. The van der Waals surface area contributed by atoms with Gasteiger partial charge < -0.3 is 19.5 Å². The molecule has 1 aliphatic heterocycles. The van der Waals surface area contributed by atoms with Crippen LogP contribution in [0.1, 0.15) is 41.3 Å². The fourth-order valence-electron chi connectivity index (χ4n) is 4.27. The minimum absolute atomic E-state index is 0. The van der Waals surface area contributed by atoms with Crippen molar-refractivity contribution in [2.75, 3.05) is 38.2 Å². The van der Waals surface area contributed by atoms with Gasteiger partial charge in [0.25, 0.3) is 0 Å². The van der Waals surface area contributed by atoms with Gasteiger partial charge in [0, 0.05) is 38.9 Å². The van der Waals surface area contributed by atoms with Gasteiger partial charge in [-0.15, -0.1) is 24.8 Å². The van der Waals surface area contributed by atoms with Crippen molar-refractivity contribution in [2.45, 2.75) is 26.3 Å². The lowest BCUT2D eigenvalue weighted by atomic mass is 9.98. The number of hydrogen-bond donors (Lipinski definition) is 1. The van der Waals surface area contributed by atoms with E-state index in [1.165, 1.54) is 5.56 Å². The predicted molar refractivity (Wildman–Crippen MR) is 147 cm³/mol. The van der Waals surface area contributed by atoms with Crippen LogP contribution in [0.4, 0.5) is 5.82 Å². The molecule has 0 bridgehead atoms. The average Bonchev–Trinajstić information content (AvgIpc) is 2.84. The van der Waals surface area contributed by atoms with E-state index < -0.39 is 5.97 Å². The summed E-state index contributed by atoms with van der Waals surface area (Å²) in [5.41, 5.74) is 2.33. The number of aromatic nitrogens is 1. The molecule has 4 rings (SSSR count). The van der Waals surface area contributed by atoms with Gasteiger partial charge in [-0.3, -0.25) is 4.90 Å². The van der Waals surface area contributed by atoms with Crippen LogP contribution in [-0.4, -0.2) is 54.2 Å². The highest BCUT2D eigenvalue weighted by atomic mass is 35.5. The number of aromatic carboxylic acids is 1. The molecule has 0 spiro atoms. The second-order valence-electron chi connectivity index (χ2n) is 8.75. The summed E-state index contributed by atoms with van der Waals surface area (Å²) in [7, 11) is 1.64. The summed E-state index contributed by atoms with van der Waals surface area (Å²) in [6.07, 6.45) is 1.72. The Morgan fingerprint density at radius 1 is 0.972 bits per heavy atom. The zero-order chi connectivity index (χ0) is 24.1. The summed E-state index contributed by atoms with van der Waals surface area (Å²) in [4.78, 5) is 20.9. The average molecular weight is 534 g/mol. The van der Waals surface area contributed by atoms with E-state index in [2.05, 4.69) is 26.9 Å². The number of methoxy groups -OCH3 is 1. The second-order valence-corrected chi connectivity index (χ2v) is 8.75. The minimum Gasteiger partial charge on any atom is -0.497 e. The third-order valence-electron chi connectivity index (χ3n) is 6.07. The van der Waals surface area contributed by atoms with Crippen LogP contribution in [0, 0.1) is 0 Å². The van der Waals surface area contributed by atoms with Crippen molar-refractivity contribution >= 4 is 36.6 Å². The van der Waals surface area contributed by atoms with Crippen molar-refractivity contribution in [1.29, 1.82) is 0 Å². The first kappa shape index (κ1) is 29.2. The largest absolute Gasteiger partial charge is 0.497 e. The van der Waals surface area contributed by atoms with Crippen LogP contribution in [0.5, 0.6) is 17.2 Å². The number of anilines is 1. The van der Waals surface area contributed by atoms with E-state index in [9.17, 15) is 9.90 Å². The third kappa shape index (κ3) is 7.03. The van der Waals surface area contributed by atoms with Crippen LogP contribution >= 0.6 is 24.8 Å². The fraction of sp³-hybridized carbons (Fsp3) is 0.333. The number of carbonyl (C=O) groups is 1. The highest BCUT2D eigenvalue weighted by Gasteiger charge is 2.25. The van der Waals surface area contributed by atoms with Crippen molar-refractivity contribution < 1.29 is 19.4 Å². The number of ether oxygens (including phenoxy) is 2. The summed E-state index contributed by atoms with van der Waals surface area (Å²) in [6, 6.07) is 17.5. The molecule has 1 aromatic heterocycles. The normalized spacial score (nSPS) is 13.5. The molecule has 1 fully saturated rings. The molecule has 3 aromatic rings. The quantitative estimate of drug-likeness (QED) is 0.388. The monoisotopic (exact) mass is 533 g/mol. The van der Waals surface area contributed by atoms with Crippen LogP contribution in [0.25, 0.3) is 0 Å². The Balaban J connectivity index is 0.00000228. The molecule has 194 valence electrons. The first-order valence-electron chi connectivity index (χ1n) is 11.5. The first-order chi connectivity index (χ1) is 16.4. The van der Waals surface area contributed by atoms with Gasteiger partial charge in [-0.25, -0.2) is 9.78 Å². The molecule has 0 unspecified atom stereocenters. The van der Waals surface area contributed by atoms with E-state index in [0.717, 1.165) is 55.5 Å². The van der Waals surface area contributed by atoms with Gasteiger partial charge in [-0.1, -0.05) is 26.0 Å². The summed E-state index contributed by atoms with van der Waals surface area (Å²) in [5.74, 6) is 2.14. The number of nitrogens with zero attached hydrogens (tertiary/aromatic N) is 3. The van der Waals surface area contributed by atoms with E-state index in [1.54, 1.807) is 13.3 Å².